The summed E-state index contributed by atoms with van der Waals surface area (Å²) in [5.41, 5.74) is 1.43. The third-order valence-electron chi connectivity index (χ3n) is 4.70. The lowest BCUT2D eigenvalue weighted by molar-refractivity contribution is -0.144. The molecule has 1 aromatic rings. The molecule has 1 aliphatic heterocycles. The smallest absolute Gasteiger partial charge is 0.308 e. The quantitative estimate of drug-likeness (QED) is 0.747. The van der Waals surface area contributed by atoms with Gasteiger partial charge in [-0.1, -0.05) is 20.8 Å². The number of ether oxygens (including phenoxy) is 1. The van der Waals surface area contributed by atoms with Crippen molar-refractivity contribution < 1.29 is 19.4 Å². The number of carboxylic acid groups (broad SMARTS) is 1. The van der Waals surface area contributed by atoms with Crippen molar-refractivity contribution in [1.82, 2.24) is 15.1 Å². The number of aliphatic carboxylic acids is 1. The Bertz CT molecular complexity index is 591. The summed E-state index contributed by atoms with van der Waals surface area (Å²) in [6, 6.07) is 0. The van der Waals surface area contributed by atoms with Gasteiger partial charge in [0.2, 0.25) is 0 Å². The molecule has 0 aromatic carbocycles. The number of carboxylic acids is 1. The van der Waals surface area contributed by atoms with Crippen molar-refractivity contribution in [2.75, 3.05) is 19.8 Å². The highest BCUT2D eigenvalue weighted by atomic mass is 16.5. The number of rotatable bonds is 8. The summed E-state index contributed by atoms with van der Waals surface area (Å²) in [4.78, 5) is 24.1. The Morgan fingerprint density at radius 1 is 1.40 bits per heavy atom. The predicted octanol–water partition coefficient (Wildman–Crippen LogP) is 1.96. The van der Waals surface area contributed by atoms with Crippen LogP contribution in [0.1, 0.15) is 49.7 Å². The van der Waals surface area contributed by atoms with E-state index >= 15 is 0 Å². The highest BCUT2D eigenvalue weighted by molar-refractivity contribution is 5.95. The van der Waals surface area contributed by atoms with Gasteiger partial charge < -0.3 is 15.2 Å². The first-order valence-electron chi connectivity index (χ1n) is 9.07. The number of carbonyl (C=O) groups excluding carboxylic acids is 1. The molecule has 2 heterocycles. The summed E-state index contributed by atoms with van der Waals surface area (Å²) in [7, 11) is 0. The van der Waals surface area contributed by atoms with Crippen LogP contribution >= 0.6 is 0 Å². The molecular weight excluding hydrogens is 322 g/mol. The zero-order valence-electron chi connectivity index (χ0n) is 15.3. The third-order valence-corrected chi connectivity index (χ3v) is 4.70. The van der Waals surface area contributed by atoms with Gasteiger partial charge in [-0.2, -0.15) is 5.10 Å². The van der Waals surface area contributed by atoms with Crippen LogP contribution < -0.4 is 5.32 Å². The minimum atomic E-state index is -0.863. The molecule has 1 aromatic heterocycles. The van der Waals surface area contributed by atoms with Crippen molar-refractivity contribution in [3.63, 3.8) is 0 Å². The van der Waals surface area contributed by atoms with Crippen LogP contribution in [0.5, 0.6) is 0 Å². The van der Waals surface area contributed by atoms with E-state index in [1.807, 2.05) is 11.6 Å². The number of hydrogen-bond donors (Lipinski definition) is 2. The molecular formula is C18H29N3O4. The summed E-state index contributed by atoms with van der Waals surface area (Å²) in [6.07, 6.45) is 3.73. The molecule has 0 bridgehead atoms. The third kappa shape index (κ3) is 5.04. The van der Waals surface area contributed by atoms with Gasteiger partial charge in [0.25, 0.3) is 5.91 Å². The van der Waals surface area contributed by atoms with Crippen molar-refractivity contribution in [1.29, 1.82) is 0 Å². The van der Waals surface area contributed by atoms with Gasteiger partial charge in [0.05, 0.1) is 23.4 Å². The molecule has 0 spiro atoms. The lowest BCUT2D eigenvalue weighted by Gasteiger charge is -2.27. The van der Waals surface area contributed by atoms with Crippen LogP contribution in [0, 0.1) is 17.8 Å². The highest BCUT2D eigenvalue weighted by Crippen LogP contribution is 2.24. The fourth-order valence-corrected chi connectivity index (χ4v) is 3.35. The molecule has 1 saturated heterocycles. The van der Waals surface area contributed by atoms with Crippen LogP contribution in [0.15, 0.2) is 6.20 Å². The summed E-state index contributed by atoms with van der Waals surface area (Å²) < 4.78 is 7.17. The Kier molecular flexibility index (Phi) is 6.99. The Hall–Kier alpha value is -1.89. The van der Waals surface area contributed by atoms with E-state index in [4.69, 9.17) is 4.74 Å². The average Bonchev–Trinajstić information content (AvgIpc) is 2.97. The van der Waals surface area contributed by atoms with Crippen LogP contribution in [0.25, 0.3) is 0 Å². The average molecular weight is 351 g/mol. The summed E-state index contributed by atoms with van der Waals surface area (Å²) in [5.74, 6) is -1.21. The Morgan fingerprint density at radius 2 is 2.08 bits per heavy atom. The molecule has 2 rings (SSSR count). The number of nitrogens with zero attached hydrogens (tertiary/aromatic N) is 2. The van der Waals surface area contributed by atoms with E-state index in [0.29, 0.717) is 31.1 Å². The van der Waals surface area contributed by atoms with Crippen molar-refractivity contribution in [3.8, 4) is 0 Å². The molecule has 1 amide bonds. The standard InChI is InChI=1S/C18H29N3O4/c1-4-16-15(10-20-21(16)11-12(2)3)17(22)19-9-14(18(23)24)13-5-7-25-8-6-13/h10,12-14H,4-9,11H2,1-3H3,(H,19,22)(H,23,24). The van der Waals surface area contributed by atoms with E-state index in [9.17, 15) is 14.7 Å². The van der Waals surface area contributed by atoms with Gasteiger partial charge >= 0.3 is 5.97 Å². The van der Waals surface area contributed by atoms with Gasteiger partial charge in [0.1, 0.15) is 0 Å². The monoisotopic (exact) mass is 351 g/mol. The van der Waals surface area contributed by atoms with Gasteiger partial charge in [-0.15, -0.1) is 0 Å². The molecule has 1 atom stereocenters. The molecule has 7 heteroatoms. The SMILES string of the molecule is CCc1c(C(=O)NCC(C(=O)O)C2CCOCC2)cnn1CC(C)C. The molecule has 1 fully saturated rings. The number of nitrogens with one attached hydrogen (secondary N) is 1. The summed E-state index contributed by atoms with van der Waals surface area (Å²) >= 11 is 0. The van der Waals surface area contributed by atoms with E-state index in [-0.39, 0.29) is 18.4 Å². The van der Waals surface area contributed by atoms with Crippen molar-refractivity contribution >= 4 is 11.9 Å². The first-order chi connectivity index (χ1) is 11.9. The maximum Gasteiger partial charge on any atom is 0.308 e. The molecule has 0 saturated carbocycles. The van der Waals surface area contributed by atoms with Gasteiger partial charge in [0.15, 0.2) is 0 Å². The second-order valence-corrected chi connectivity index (χ2v) is 7.04. The second kappa shape index (κ2) is 8.99. The normalized spacial score (nSPS) is 16.8. The summed E-state index contributed by atoms with van der Waals surface area (Å²) in [6.45, 7) is 8.27. The van der Waals surface area contributed by atoms with E-state index < -0.39 is 11.9 Å². The number of aromatic nitrogens is 2. The fraction of sp³-hybridized carbons (Fsp3) is 0.722. The first kappa shape index (κ1) is 19.4. The Morgan fingerprint density at radius 3 is 2.64 bits per heavy atom. The maximum absolute atomic E-state index is 12.6. The minimum Gasteiger partial charge on any atom is -0.481 e. The van der Waals surface area contributed by atoms with E-state index in [1.54, 1.807) is 6.20 Å². The predicted molar refractivity (Wildman–Crippen MR) is 93.4 cm³/mol. The minimum absolute atomic E-state index is 0.0425. The Balaban J connectivity index is 2.03. The van der Waals surface area contributed by atoms with Crippen LogP contribution in [-0.2, 0) is 22.5 Å². The molecule has 2 N–H and O–H groups in total. The topological polar surface area (TPSA) is 93.5 Å². The summed E-state index contributed by atoms with van der Waals surface area (Å²) in [5, 5.41) is 16.6. The largest absolute Gasteiger partial charge is 0.481 e. The van der Waals surface area contributed by atoms with Crippen LogP contribution in [0.4, 0.5) is 0 Å². The highest BCUT2D eigenvalue weighted by Gasteiger charge is 2.30. The Labute approximate surface area is 148 Å². The van der Waals surface area contributed by atoms with E-state index in [1.165, 1.54) is 0 Å². The lowest BCUT2D eigenvalue weighted by atomic mass is 9.86. The van der Waals surface area contributed by atoms with Crippen LogP contribution in [-0.4, -0.2) is 46.5 Å². The van der Waals surface area contributed by atoms with Crippen molar-refractivity contribution in [3.05, 3.63) is 17.5 Å². The van der Waals surface area contributed by atoms with Crippen LogP contribution in [0.2, 0.25) is 0 Å². The van der Waals surface area contributed by atoms with Gasteiger partial charge in [0, 0.05) is 26.3 Å². The van der Waals surface area contributed by atoms with E-state index in [0.717, 1.165) is 25.1 Å². The zero-order chi connectivity index (χ0) is 18.4. The molecule has 0 aliphatic carbocycles. The van der Waals surface area contributed by atoms with E-state index in [2.05, 4.69) is 24.3 Å². The zero-order valence-corrected chi connectivity index (χ0v) is 15.3. The van der Waals surface area contributed by atoms with Gasteiger partial charge in [-0.25, -0.2) is 0 Å². The first-order valence-corrected chi connectivity index (χ1v) is 9.07. The molecule has 7 nitrogen and oxygen atoms in total. The van der Waals surface area contributed by atoms with Crippen molar-refractivity contribution in [2.45, 2.75) is 46.6 Å². The molecule has 25 heavy (non-hydrogen) atoms. The van der Waals surface area contributed by atoms with Crippen LogP contribution in [0.3, 0.4) is 0 Å². The lowest BCUT2D eigenvalue weighted by Crippen LogP contribution is -2.39. The van der Waals surface area contributed by atoms with Crippen molar-refractivity contribution in [2.24, 2.45) is 17.8 Å². The van der Waals surface area contributed by atoms with Gasteiger partial charge in [-0.3, -0.25) is 14.3 Å². The second-order valence-electron chi connectivity index (χ2n) is 7.04. The number of carbonyl (C=O) groups is 2. The molecule has 1 unspecified atom stereocenters. The number of amides is 1. The molecule has 140 valence electrons. The number of hydrogen-bond acceptors (Lipinski definition) is 4. The van der Waals surface area contributed by atoms with Gasteiger partial charge in [-0.05, 0) is 31.1 Å². The fourth-order valence-electron chi connectivity index (χ4n) is 3.35. The molecule has 1 aliphatic rings. The maximum atomic E-state index is 12.6. The molecule has 0 radical (unpaired) electrons.